The number of nitriles is 1. The predicted octanol–water partition coefficient (Wildman–Crippen LogP) is 4.85. The smallest absolute Gasteiger partial charge is 0.235 e. The first-order chi connectivity index (χ1) is 13.1. The lowest BCUT2D eigenvalue weighted by Gasteiger charge is -2.35. The van der Waals surface area contributed by atoms with Crippen LogP contribution in [0.3, 0.4) is 0 Å². The molecule has 0 spiro atoms. The first-order valence-electron chi connectivity index (χ1n) is 8.56. The van der Waals surface area contributed by atoms with E-state index in [0.29, 0.717) is 22.5 Å². The second-order valence-electron chi connectivity index (χ2n) is 6.25. The summed E-state index contributed by atoms with van der Waals surface area (Å²) in [4.78, 5) is 8.67. The summed E-state index contributed by atoms with van der Waals surface area (Å²) in [7, 11) is 0. The molecule has 1 aromatic heterocycles. The van der Waals surface area contributed by atoms with Crippen LogP contribution in [0, 0.1) is 11.3 Å². The minimum absolute atomic E-state index is 0.293. The van der Waals surface area contributed by atoms with Crippen molar-refractivity contribution in [1.82, 2.24) is 4.98 Å². The third kappa shape index (κ3) is 3.73. The van der Waals surface area contributed by atoms with Gasteiger partial charge in [0.25, 0.3) is 0 Å². The minimum Gasteiger partial charge on any atom is -0.419 e. The van der Waals surface area contributed by atoms with Crippen molar-refractivity contribution in [3.05, 3.63) is 64.3 Å². The van der Waals surface area contributed by atoms with E-state index in [1.807, 2.05) is 36.4 Å². The van der Waals surface area contributed by atoms with E-state index >= 15 is 0 Å². The third-order valence-electron chi connectivity index (χ3n) is 4.53. The van der Waals surface area contributed by atoms with Crippen LogP contribution in [0.5, 0.6) is 0 Å². The van der Waals surface area contributed by atoms with Crippen LogP contribution >= 0.6 is 23.2 Å². The summed E-state index contributed by atoms with van der Waals surface area (Å²) in [6, 6.07) is 17.2. The number of benzene rings is 2. The van der Waals surface area contributed by atoms with E-state index in [1.165, 1.54) is 0 Å². The van der Waals surface area contributed by atoms with Crippen molar-refractivity contribution in [2.75, 3.05) is 36.0 Å². The van der Waals surface area contributed by atoms with Gasteiger partial charge in [-0.1, -0.05) is 35.3 Å². The summed E-state index contributed by atoms with van der Waals surface area (Å²) in [5, 5.41) is 10.8. The number of rotatable bonds is 3. The Labute approximate surface area is 167 Å². The molecule has 1 aliphatic heterocycles. The fraction of sp³-hybridized carbons (Fsp3) is 0.200. The summed E-state index contributed by atoms with van der Waals surface area (Å²) in [6.07, 6.45) is 0. The molecule has 0 N–H and O–H groups in total. The average Bonchev–Trinajstić information content (AvgIpc) is 3.13. The lowest BCUT2D eigenvalue weighted by Crippen LogP contribution is -2.46. The van der Waals surface area contributed by atoms with E-state index < -0.39 is 0 Å². The normalized spacial score (nSPS) is 14.3. The summed E-state index contributed by atoms with van der Waals surface area (Å²) < 4.78 is 5.94. The van der Waals surface area contributed by atoms with Gasteiger partial charge in [0.2, 0.25) is 17.5 Å². The van der Waals surface area contributed by atoms with Crippen molar-refractivity contribution in [3.63, 3.8) is 0 Å². The molecular weight excluding hydrogens is 383 g/mol. The molecule has 0 amide bonds. The molecule has 5 nitrogen and oxygen atoms in total. The van der Waals surface area contributed by atoms with E-state index in [2.05, 4.69) is 20.9 Å². The van der Waals surface area contributed by atoms with Gasteiger partial charge in [-0.3, -0.25) is 0 Å². The maximum atomic E-state index is 9.47. The molecule has 1 saturated heterocycles. The summed E-state index contributed by atoms with van der Waals surface area (Å²) >= 11 is 12.1. The highest BCUT2D eigenvalue weighted by molar-refractivity contribution is 6.31. The Morgan fingerprint density at radius 2 is 1.59 bits per heavy atom. The quantitative estimate of drug-likeness (QED) is 0.631. The standard InChI is InChI=1S/C20H16Cl2N4O/c21-15-4-1-3-14(11-15)19-24-18(13-23)20(27-19)26-9-7-25(8-10-26)17-6-2-5-16(22)12-17/h1-6,11-12H,7-10H2. The van der Waals surface area contributed by atoms with Gasteiger partial charge in [-0.15, -0.1) is 0 Å². The van der Waals surface area contributed by atoms with Crippen LogP contribution in [0.15, 0.2) is 52.9 Å². The molecule has 4 rings (SSSR count). The highest BCUT2D eigenvalue weighted by atomic mass is 35.5. The SMILES string of the molecule is N#Cc1nc(-c2cccc(Cl)c2)oc1N1CCN(c2cccc(Cl)c2)CC1. The third-order valence-corrected chi connectivity index (χ3v) is 5.00. The zero-order valence-electron chi connectivity index (χ0n) is 14.4. The zero-order chi connectivity index (χ0) is 18.8. The number of oxazole rings is 1. The highest BCUT2D eigenvalue weighted by Crippen LogP contribution is 2.30. The molecule has 136 valence electrons. The first-order valence-corrected chi connectivity index (χ1v) is 9.32. The van der Waals surface area contributed by atoms with Gasteiger partial charge in [0.1, 0.15) is 6.07 Å². The van der Waals surface area contributed by atoms with E-state index in [0.717, 1.165) is 42.5 Å². The molecule has 0 aliphatic carbocycles. The van der Waals surface area contributed by atoms with Crippen molar-refractivity contribution >= 4 is 34.8 Å². The second kappa shape index (κ2) is 7.51. The minimum atomic E-state index is 0.293. The number of anilines is 2. The number of halogens is 2. The average molecular weight is 399 g/mol. The Morgan fingerprint density at radius 1 is 0.926 bits per heavy atom. The van der Waals surface area contributed by atoms with Gasteiger partial charge < -0.3 is 14.2 Å². The molecule has 2 aromatic carbocycles. The zero-order valence-corrected chi connectivity index (χ0v) is 15.9. The van der Waals surface area contributed by atoms with Crippen LogP contribution in [0.25, 0.3) is 11.5 Å². The molecule has 0 atom stereocenters. The predicted molar refractivity (Wildman–Crippen MR) is 108 cm³/mol. The molecule has 0 saturated carbocycles. The molecule has 3 aromatic rings. The molecule has 27 heavy (non-hydrogen) atoms. The van der Waals surface area contributed by atoms with Crippen molar-refractivity contribution in [1.29, 1.82) is 5.26 Å². The molecular formula is C20H16Cl2N4O. The lowest BCUT2D eigenvalue weighted by molar-refractivity contribution is 0.531. The molecule has 0 bridgehead atoms. The Balaban J connectivity index is 1.54. The van der Waals surface area contributed by atoms with Crippen LogP contribution < -0.4 is 9.80 Å². The Morgan fingerprint density at radius 3 is 2.26 bits per heavy atom. The van der Waals surface area contributed by atoms with Crippen LogP contribution in [0.2, 0.25) is 10.0 Å². The van der Waals surface area contributed by atoms with Crippen molar-refractivity contribution in [2.45, 2.75) is 0 Å². The maximum absolute atomic E-state index is 9.47. The molecule has 0 radical (unpaired) electrons. The van der Waals surface area contributed by atoms with Crippen molar-refractivity contribution in [3.8, 4) is 17.5 Å². The molecule has 7 heteroatoms. The fourth-order valence-corrected chi connectivity index (χ4v) is 3.56. The highest BCUT2D eigenvalue weighted by Gasteiger charge is 2.25. The number of hydrogen-bond donors (Lipinski definition) is 0. The monoisotopic (exact) mass is 398 g/mol. The van der Waals surface area contributed by atoms with Crippen molar-refractivity contribution in [2.24, 2.45) is 0 Å². The van der Waals surface area contributed by atoms with Gasteiger partial charge in [-0.2, -0.15) is 10.2 Å². The van der Waals surface area contributed by atoms with Crippen LogP contribution in [0.1, 0.15) is 5.69 Å². The number of aromatic nitrogens is 1. The summed E-state index contributed by atoms with van der Waals surface area (Å²) in [6.45, 7) is 3.06. The topological polar surface area (TPSA) is 56.3 Å². The largest absolute Gasteiger partial charge is 0.419 e. The van der Waals surface area contributed by atoms with Crippen LogP contribution in [-0.2, 0) is 0 Å². The van der Waals surface area contributed by atoms with Gasteiger partial charge in [0.05, 0.1) is 0 Å². The van der Waals surface area contributed by atoms with E-state index in [9.17, 15) is 5.26 Å². The maximum Gasteiger partial charge on any atom is 0.235 e. The Bertz CT molecular complexity index is 1000. The summed E-state index contributed by atoms with van der Waals surface area (Å²) in [5.74, 6) is 0.916. The Kier molecular flexibility index (Phi) is 4.93. The number of nitrogens with zero attached hydrogens (tertiary/aromatic N) is 4. The van der Waals surface area contributed by atoms with Crippen LogP contribution in [0.4, 0.5) is 11.6 Å². The van der Waals surface area contributed by atoms with Gasteiger partial charge in [0, 0.05) is 47.5 Å². The molecule has 1 aliphatic rings. The van der Waals surface area contributed by atoms with E-state index in [1.54, 1.807) is 12.1 Å². The fourth-order valence-electron chi connectivity index (χ4n) is 3.18. The van der Waals surface area contributed by atoms with Crippen molar-refractivity contribution < 1.29 is 4.42 Å². The molecule has 2 heterocycles. The van der Waals surface area contributed by atoms with Gasteiger partial charge >= 0.3 is 0 Å². The van der Waals surface area contributed by atoms with Gasteiger partial charge in [-0.05, 0) is 36.4 Å². The van der Waals surface area contributed by atoms with Gasteiger partial charge in [-0.25, -0.2) is 0 Å². The first kappa shape index (κ1) is 17.7. The summed E-state index contributed by atoms with van der Waals surface area (Å²) in [5.41, 5.74) is 2.14. The van der Waals surface area contributed by atoms with E-state index in [-0.39, 0.29) is 0 Å². The van der Waals surface area contributed by atoms with Gasteiger partial charge in [0.15, 0.2) is 0 Å². The number of piperazine rings is 1. The Hall–Kier alpha value is -2.68. The van der Waals surface area contributed by atoms with Crippen LogP contribution in [-0.4, -0.2) is 31.2 Å². The second-order valence-corrected chi connectivity index (χ2v) is 7.12. The van der Waals surface area contributed by atoms with E-state index in [4.69, 9.17) is 27.6 Å². The number of hydrogen-bond acceptors (Lipinski definition) is 5. The lowest BCUT2D eigenvalue weighted by atomic mass is 10.2. The molecule has 1 fully saturated rings. The molecule has 0 unspecified atom stereocenters.